The molecular formula is C21H24F3N3O3. The lowest BCUT2D eigenvalue weighted by Gasteiger charge is -2.47. The van der Waals surface area contributed by atoms with Crippen LogP contribution in [-0.2, 0) is 15.1 Å². The molecule has 5 rings (SSSR count). The average Bonchev–Trinajstić information content (AvgIpc) is 3.51. The van der Waals surface area contributed by atoms with Gasteiger partial charge in [-0.1, -0.05) is 0 Å². The van der Waals surface area contributed by atoms with Gasteiger partial charge in [0, 0.05) is 25.5 Å². The fourth-order valence-corrected chi connectivity index (χ4v) is 4.79. The van der Waals surface area contributed by atoms with E-state index in [4.69, 9.17) is 15.2 Å². The zero-order valence-electron chi connectivity index (χ0n) is 16.6. The molecule has 1 aromatic carbocycles. The van der Waals surface area contributed by atoms with Crippen molar-refractivity contribution < 1.29 is 27.4 Å². The maximum atomic E-state index is 15.0. The second kappa shape index (κ2) is 6.60. The Morgan fingerprint density at radius 3 is 2.70 bits per heavy atom. The highest BCUT2D eigenvalue weighted by Crippen LogP contribution is 2.50. The molecule has 2 N–H and O–H groups in total. The molecule has 6 nitrogen and oxygen atoms in total. The van der Waals surface area contributed by atoms with Gasteiger partial charge in [-0.2, -0.15) is 0 Å². The van der Waals surface area contributed by atoms with Crippen LogP contribution in [0, 0.1) is 17.7 Å². The Hall–Kier alpha value is -2.29. The molecule has 1 saturated heterocycles. The number of ether oxygens (including phenoxy) is 2. The third-order valence-corrected chi connectivity index (χ3v) is 6.76. The second-order valence-corrected chi connectivity index (χ2v) is 8.91. The van der Waals surface area contributed by atoms with Gasteiger partial charge in [-0.3, -0.25) is 9.69 Å². The van der Waals surface area contributed by atoms with E-state index in [1.165, 1.54) is 23.1 Å². The lowest BCUT2D eigenvalue weighted by molar-refractivity contribution is -0.147. The van der Waals surface area contributed by atoms with Gasteiger partial charge >= 0.3 is 0 Å². The Morgan fingerprint density at radius 1 is 1.30 bits per heavy atom. The zero-order valence-corrected chi connectivity index (χ0v) is 16.6. The predicted octanol–water partition coefficient (Wildman–Crippen LogP) is 2.80. The summed E-state index contributed by atoms with van der Waals surface area (Å²) in [6.45, 7) is 0.0288. The fourth-order valence-electron chi connectivity index (χ4n) is 4.79. The quantitative estimate of drug-likeness (QED) is 0.808. The van der Waals surface area contributed by atoms with Crippen LogP contribution in [0.2, 0.25) is 0 Å². The van der Waals surface area contributed by atoms with Gasteiger partial charge < -0.3 is 15.2 Å². The Kier molecular flexibility index (Phi) is 4.33. The minimum Gasteiger partial charge on any atom is -0.490 e. The number of hydrogen-bond acceptors (Lipinski definition) is 5. The van der Waals surface area contributed by atoms with Gasteiger partial charge in [0.05, 0.1) is 18.6 Å². The number of carbonyl (C=O) groups is 1. The van der Waals surface area contributed by atoms with Crippen molar-refractivity contribution in [2.45, 2.75) is 55.8 Å². The minimum atomic E-state index is -2.72. The van der Waals surface area contributed by atoms with Crippen molar-refractivity contribution in [2.24, 2.45) is 22.6 Å². The molecule has 2 aliphatic carbocycles. The number of halogens is 3. The van der Waals surface area contributed by atoms with Crippen LogP contribution in [0.4, 0.5) is 13.2 Å². The fraction of sp³-hybridized carbons (Fsp3) is 0.619. The number of alkyl halides is 2. The van der Waals surface area contributed by atoms with E-state index in [9.17, 15) is 13.6 Å². The van der Waals surface area contributed by atoms with E-state index in [1.807, 2.05) is 0 Å². The smallest absolute Gasteiger partial charge is 0.255 e. The van der Waals surface area contributed by atoms with Crippen LogP contribution >= 0.6 is 0 Å². The molecule has 1 aromatic rings. The van der Waals surface area contributed by atoms with Crippen molar-refractivity contribution in [2.75, 3.05) is 13.7 Å². The summed E-state index contributed by atoms with van der Waals surface area (Å²) in [6.07, 6.45) is 1.13. The van der Waals surface area contributed by atoms with Crippen molar-refractivity contribution in [3.63, 3.8) is 0 Å². The third kappa shape index (κ3) is 3.14. The number of rotatable bonds is 4. The number of hydrogen-bond donors (Lipinski definition) is 1. The Labute approximate surface area is 172 Å². The van der Waals surface area contributed by atoms with Crippen LogP contribution in [0.3, 0.4) is 0 Å². The Bertz CT molecular complexity index is 912. The van der Waals surface area contributed by atoms with E-state index in [1.54, 1.807) is 7.05 Å². The molecule has 2 aliphatic heterocycles. The summed E-state index contributed by atoms with van der Waals surface area (Å²) < 4.78 is 53.0. The van der Waals surface area contributed by atoms with Gasteiger partial charge in [0.1, 0.15) is 23.2 Å². The Morgan fingerprint density at radius 2 is 2.03 bits per heavy atom. The number of amides is 1. The van der Waals surface area contributed by atoms with Crippen LogP contribution in [0.5, 0.6) is 5.75 Å². The molecule has 2 heterocycles. The molecule has 4 aliphatic rings. The maximum Gasteiger partial charge on any atom is 0.255 e. The average molecular weight is 423 g/mol. The molecular weight excluding hydrogens is 399 g/mol. The lowest BCUT2D eigenvalue weighted by Crippen LogP contribution is -2.60. The summed E-state index contributed by atoms with van der Waals surface area (Å²) in [5.74, 6) is -3.44. The SMILES string of the molecule is CN1C(=O)[C@@H]2C[C@H](C3CC3)OC[C@]2(c2cc(OC3CC(F)(F)C3)ccc2F)N=C1N. The highest BCUT2D eigenvalue weighted by Gasteiger charge is 2.56. The topological polar surface area (TPSA) is 77.2 Å². The number of benzene rings is 1. The molecule has 0 bridgehead atoms. The second-order valence-electron chi connectivity index (χ2n) is 8.91. The van der Waals surface area contributed by atoms with E-state index in [0.717, 1.165) is 12.8 Å². The van der Waals surface area contributed by atoms with Gasteiger partial charge in [0.25, 0.3) is 5.92 Å². The standard InChI is InChI=1S/C21H24F3N3O3/c1-27-18(28)15-7-17(11-2-3-11)29-10-21(15,26-19(27)25)14-6-12(4-5-16(14)22)30-13-8-20(23,24)9-13/h4-6,11,13,15,17H,2-3,7-10H2,1H3,(H2,25,26)/t15-,17+,21+/m0/s1. The number of nitrogens with two attached hydrogens (primary N) is 1. The predicted molar refractivity (Wildman–Crippen MR) is 102 cm³/mol. The molecule has 0 unspecified atom stereocenters. The first-order valence-corrected chi connectivity index (χ1v) is 10.3. The summed E-state index contributed by atoms with van der Waals surface area (Å²) >= 11 is 0. The highest BCUT2D eigenvalue weighted by molar-refractivity contribution is 6.00. The highest BCUT2D eigenvalue weighted by atomic mass is 19.3. The minimum absolute atomic E-state index is 0.00548. The van der Waals surface area contributed by atoms with Crippen molar-refractivity contribution in [3.8, 4) is 5.75 Å². The summed E-state index contributed by atoms with van der Waals surface area (Å²) in [6, 6.07) is 4.07. The van der Waals surface area contributed by atoms with E-state index < -0.39 is 29.3 Å². The molecule has 2 saturated carbocycles. The molecule has 30 heavy (non-hydrogen) atoms. The van der Waals surface area contributed by atoms with Gasteiger partial charge in [-0.05, 0) is 43.4 Å². The van der Waals surface area contributed by atoms with Crippen LogP contribution in [0.15, 0.2) is 23.2 Å². The summed E-state index contributed by atoms with van der Waals surface area (Å²) in [7, 11) is 1.55. The van der Waals surface area contributed by atoms with Crippen molar-refractivity contribution in [1.82, 2.24) is 4.90 Å². The number of guanidine groups is 1. The van der Waals surface area contributed by atoms with Crippen LogP contribution in [0.25, 0.3) is 0 Å². The Balaban J connectivity index is 1.51. The molecule has 3 fully saturated rings. The van der Waals surface area contributed by atoms with Gasteiger partial charge in [-0.25, -0.2) is 18.2 Å². The first kappa shape index (κ1) is 19.7. The van der Waals surface area contributed by atoms with Crippen LogP contribution in [0.1, 0.15) is 37.7 Å². The van der Waals surface area contributed by atoms with Gasteiger partial charge in [0.15, 0.2) is 5.96 Å². The molecule has 0 aromatic heterocycles. The molecule has 1 amide bonds. The number of nitrogens with zero attached hydrogens (tertiary/aromatic N) is 2. The van der Waals surface area contributed by atoms with Crippen molar-refractivity contribution >= 4 is 11.9 Å². The molecule has 162 valence electrons. The monoisotopic (exact) mass is 423 g/mol. The van der Waals surface area contributed by atoms with E-state index >= 15 is 4.39 Å². The third-order valence-electron chi connectivity index (χ3n) is 6.76. The summed E-state index contributed by atoms with van der Waals surface area (Å²) in [4.78, 5) is 19.0. The van der Waals surface area contributed by atoms with Crippen LogP contribution < -0.4 is 10.5 Å². The van der Waals surface area contributed by atoms with Gasteiger partial charge in [-0.15, -0.1) is 0 Å². The van der Waals surface area contributed by atoms with Crippen LogP contribution in [-0.4, -0.2) is 48.6 Å². The van der Waals surface area contributed by atoms with E-state index in [-0.39, 0.29) is 48.7 Å². The molecule has 3 atom stereocenters. The lowest BCUT2D eigenvalue weighted by atomic mass is 9.72. The number of fused-ring (bicyclic) bond motifs is 1. The molecule has 0 radical (unpaired) electrons. The van der Waals surface area contributed by atoms with Gasteiger partial charge in [0.2, 0.25) is 5.91 Å². The first-order valence-electron chi connectivity index (χ1n) is 10.3. The molecule has 0 spiro atoms. The maximum absolute atomic E-state index is 15.0. The number of carbonyl (C=O) groups excluding carboxylic acids is 1. The normalized spacial score (nSPS) is 33.5. The van der Waals surface area contributed by atoms with E-state index in [0.29, 0.717) is 12.3 Å². The molecule has 9 heteroatoms. The van der Waals surface area contributed by atoms with E-state index in [2.05, 4.69) is 4.99 Å². The summed E-state index contributed by atoms with van der Waals surface area (Å²) in [5, 5.41) is 0. The zero-order chi connectivity index (χ0) is 21.3. The van der Waals surface area contributed by atoms with Crippen molar-refractivity contribution in [1.29, 1.82) is 0 Å². The van der Waals surface area contributed by atoms with Crippen molar-refractivity contribution in [3.05, 3.63) is 29.6 Å². The first-order chi connectivity index (χ1) is 14.2. The summed E-state index contributed by atoms with van der Waals surface area (Å²) in [5.41, 5.74) is 4.85. The number of aliphatic imine (C=N–C) groups is 1. The largest absolute Gasteiger partial charge is 0.490 e.